The molecule has 3 aromatic rings. The van der Waals surface area contributed by atoms with Gasteiger partial charge in [-0.2, -0.15) is 0 Å². The first-order chi connectivity index (χ1) is 10.8. The van der Waals surface area contributed by atoms with Crippen molar-refractivity contribution in [3.63, 3.8) is 0 Å². The molecule has 1 N–H and O–H groups in total. The molecule has 112 valence electrons. The third-order valence-corrected chi connectivity index (χ3v) is 4.36. The molecule has 0 atom stereocenters. The van der Waals surface area contributed by atoms with Crippen LogP contribution < -0.4 is 5.32 Å². The smallest absolute Gasteiger partial charge is 0.0945 e. The molecular weight excluding hydrogens is 290 g/mol. The van der Waals surface area contributed by atoms with Crippen molar-refractivity contribution in [1.29, 1.82) is 0 Å². The molecule has 0 saturated heterocycles. The summed E-state index contributed by atoms with van der Waals surface area (Å²) in [6.45, 7) is 3.82. The average molecular weight is 309 g/mol. The number of aryl methyl sites for hydroxylation is 1. The van der Waals surface area contributed by atoms with Crippen LogP contribution in [0.15, 0.2) is 54.0 Å². The van der Waals surface area contributed by atoms with Gasteiger partial charge in [-0.1, -0.05) is 35.9 Å². The third kappa shape index (κ3) is 4.00. The van der Waals surface area contributed by atoms with Crippen LogP contribution in [0.5, 0.6) is 0 Å². The van der Waals surface area contributed by atoms with Gasteiger partial charge >= 0.3 is 0 Å². The lowest BCUT2D eigenvalue weighted by Crippen LogP contribution is -2.17. The zero-order valence-electron chi connectivity index (χ0n) is 12.6. The molecule has 2 aromatic heterocycles. The van der Waals surface area contributed by atoms with Gasteiger partial charge in [0.2, 0.25) is 0 Å². The van der Waals surface area contributed by atoms with E-state index in [0.29, 0.717) is 0 Å². The Kier molecular flexibility index (Phi) is 4.93. The molecule has 0 unspecified atom stereocenters. The molecule has 0 aliphatic carbocycles. The van der Waals surface area contributed by atoms with Gasteiger partial charge in [0.05, 0.1) is 16.4 Å². The van der Waals surface area contributed by atoms with E-state index < -0.39 is 0 Å². The summed E-state index contributed by atoms with van der Waals surface area (Å²) in [6.07, 6.45) is 2.77. The molecule has 0 fully saturated rings. The number of nitrogens with one attached hydrogen (secondary N) is 1. The van der Waals surface area contributed by atoms with Crippen molar-refractivity contribution in [2.24, 2.45) is 0 Å². The van der Waals surface area contributed by atoms with Crippen LogP contribution in [0.2, 0.25) is 0 Å². The lowest BCUT2D eigenvalue weighted by molar-refractivity contribution is 0.673. The van der Waals surface area contributed by atoms with Gasteiger partial charge in [0.15, 0.2) is 0 Å². The van der Waals surface area contributed by atoms with Gasteiger partial charge in [0.1, 0.15) is 0 Å². The molecular formula is C18H19N3S. The predicted molar refractivity (Wildman–Crippen MR) is 91.9 cm³/mol. The Labute approximate surface area is 135 Å². The fraction of sp³-hybridized carbons (Fsp3) is 0.222. The second-order valence-electron chi connectivity index (χ2n) is 5.24. The number of rotatable bonds is 6. The van der Waals surface area contributed by atoms with Crippen LogP contribution in [0.25, 0.3) is 11.3 Å². The number of hydrogen-bond acceptors (Lipinski definition) is 4. The Bertz CT molecular complexity index is 705. The Morgan fingerprint density at radius 2 is 1.95 bits per heavy atom. The number of aromatic nitrogens is 2. The van der Waals surface area contributed by atoms with Crippen LogP contribution in [0.4, 0.5) is 0 Å². The Morgan fingerprint density at radius 1 is 1.09 bits per heavy atom. The molecule has 0 bridgehead atoms. The van der Waals surface area contributed by atoms with Crippen molar-refractivity contribution >= 4 is 11.3 Å². The Morgan fingerprint density at radius 3 is 2.73 bits per heavy atom. The van der Waals surface area contributed by atoms with Gasteiger partial charge in [-0.25, -0.2) is 4.98 Å². The highest BCUT2D eigenvalue weighted by atomic mass is 32.1. The Balaban J connectivity index is 1.50. The summed E-state index contributed by atoms with van der Waals surface area (Å²) in [5, 5.41) is 6.72. The van der Waals surface area contributed by atoms with Gasteiger partial charge in [0.25, 0.3) is 0 Å². The normalized spacial score (nSPS) is 10.8. The highest BCUT2D eigenvalue weighted by Crippen LogP contribution is 2.22. The lowest BCUT2D eigenvalue weighted by Gasteiger charge is -2.02. The van der Waals surface area contributed by atoms with Crippen molar-refractivity contribution in [2.45, 2.75) is 19.9 Å². The number of benzene rings is 1. The maximum atomic E-state index is 4.72. The summed E-state index contributed by atoms with van der Waals surface area (Å²) in [4.78, 5) is 9.02. The van der Waals surface area contributed by atoms with E-state index in [-0.39, 0.29) is 0 Å². The van der Waals surface area contributed by atoms with Crippen LogP contribution >= 0.6 is 11.3 Å². The highest BCUT2D eigenvalue weighted by Gasteiger charge is 2.04. The number of pyridine rings is 1. The molecule has 3 rings (SSSR count). The summed E-state index contributed by atoms with van der Waals surface area (Å²) < 4.78 is 0. The highest BCUT2D eigenvalue weighted by molar-refractivity contribution is 7.09. The van der Waals surface area contributed by atoms with E-state index in [1.54, 1.807) is 11.3 Å². The molecule has 0 aliphatic rings. The summed E-state index contributed by atoms with van der Waals surface area (Å²) in [7, 11) is 0. The van der Waals surface area contributed by atoms with Crippen molar-refractivity contribution < 1.29 is 0 Å². The molecule has 2 heterocycles. The zero-order chi connectivity index (χ0) is 15.2. The lowest BCUT2D eigenvalue weighted by atomic mass is 10.1. The topological polar surface area (TPSA) is 37.8 Å². The molecule has 0 aliphatic heterocycles. The Hall–Kier alpha value is -2.04. The van der Waals surface area contributed by atoms with Crippen LogP contribution in [0.3, 0.4) is 0 Å². The fourth-order valence-electron chi connectivity index (χ4n) is 2.20. The van der Waals surface area contributed by atoms with Gasteiger partial charge in [-0.3, -0.25) is 4.98 Å². The monoisotopic (exact) mass is 309 g/mol. The van der Waals surface area contributed by atoms with E-state index in [1.807, 2.05) is 24.4 Å². The van der Waals surface area contributed by atoms with Gasteiger partial charge in [-0.05, 0) is 19.1 Å². The summed E-state index contributed by atoms with van der Waals surface area (Å²) in [5.74, 6) is 0. The van der Waals surface area contributed by atoms with Crippen molar-refractivity contribution in [2.75, 3.05) is 6.54 Å². The van der Waals surface area contributed by atoms with E-state index in [9.17, 15) is 0 Å². The molecule has 0 radical (unpaired) electrons. The van der Waals surface area contributed by atoms with Gasteiger partial charge < -0.3 is 5.32 Å². The third-order valence-electron chi connectivity index (χ3n) is 3.45. The first-order valence-corrected chi connectivity index (χ1v) is 8.31. The molecule has 1 aromatic carbocycles. The van der Waals surface area contributed by atoms with E-state index in [2.05, 4.69) is 46.9 Å². The van der Waals surface area contributed by atoms with Crippen molar-refractivity contribution in [1.82, 2.24) is 15.3 Å². The van der Waals surface area contributed by atoms with Crippen molar-refractivity contribution in [3.8, 4) is 11.3 Å². The number of nitrogens with zero attached hydrogens (tertiary/aromatic N) is 2. The van der Waals surface area contributed by atoms with E-state index >= 15 is 0 Å². The second-order valence-corrected chi connectivity index (χ2v) is 6.18. The van der Waals surface area contributed by atoms with Crippen LogP contribution in [-0.4, -0.2) is 16.5 Å². The minimum absolute atomic E-state index is 0.803. The van der Waals surface area contributed by atoms with Crippen LogP contribution in [0.1, 0.15) is 16.3 Å². The predicted octanol–water partition coefficient (Wildman–Crippen LogP) is 3.85. The first-order valence-electron chi connectivity index (χ1n) is 7.43. The maximum Gasteiger partial charge on any atom is 0.0945 e. The fourth-order valence-corrected chi connectivity index (χ4v) is 3.00. The first kappa shape index (κ1) is 14.9. The number of thiazole rings is 1. The standard InChI is InChI=1S/C18H19N3S/c1-14-5-7-15(8-6-14)17-13-22-18(21-17)9-11-19-12-16-4-2-3-10-20-16/h2-8,10,13,19H,9,11-12H2,1H3. The van der Waals surface area contributed by atoms with Crippen molar-refractivity contribution in [3.05, 3.63) is 70.3 Å². The van der Waals surface area contributed by atoms with E-state index in [1.165, 1.54) is 16.1 Å². The van der Waals surface area contributed by atoms with E-state index in [0.717, 1.165) is 30.9 Å². The minimum atomic E-state index is 0.803. The summed E-state index contributed by atoms with van der Waals surface area (Å²) in [6, 6.07) is 14.5. The second kappa shape index (κ2) is 7.29. The van der Waals surface area contributed by atoms with Gasteiger partial charge in [-0.15, -0.1) is 11.3 Å². The zero-order valence-corrected chi connectivity index (χ0v) is 13.4. The maximum absolute atomic E-state index is 4.72. The van der Waals surface area contributed by atoms with Crippen LogP contribution in [-0.2, 0) is 13.0 Å². The SMILES string of the molecule is Cc1ccc(-c2csc(CCNCc3ccccn3)n2)cc1. The summed E-state index contributed by atoms with van der Waals surface area (Å²) >= 11 is 1.73. The number of hydrogen-bond donors (Lipinski definition) is 1. The largest absolute Gasteiger partial charge is 0.311 e. The van der Waals surface area contributed by atoms with Crippen LogP contribution in [0, 0.1) is 6.92 Å². The molecule has 0 saturated carbocycles. The quantitative estimate of drug-likeness (QED) is 0.703. The van der Waals surface area contributed by atoms with E-state index in [4.69, 9.17) is 4.98 Å². The van der Waals surface area contributed by atoms with Gasteiger partial charge in [0, 0.05) is 36.7 Å². The molecule has 0 spiro atoms. The summed E-state index contributed by atoms with van der Waals surface area (Å²) in [5.41, 5.74) is 4.61. The average Bonchev–Trinajstić information content (AvgIpc) is 3.02. The molecule has 4 heteroatoms. The molecule has 22 heavy (non-hydrogen) atoms. The minimum Gasteiger partial charge on any atom is -0.311 e. The molecule has 0 amide bonds. The molecule has 3 nitrogen and oxygen atoms in total.